The minimum atomic E-state index is -0.917. The van der Waals surface area contributed by atoms with Crippen molar-refractivity contribution in [1.82, 2.24) is 0 Å². The van der Waals surface area contributed by atoms with Gasteiger partial charge in [-0.15, -0.1) is 0 Å². The largest absolute Gasteiger partial charge is 0.482 e. The maximum Gasteiger partial charge on any atom is 0.344 e. The van der Waals surface area contributed by atoms with Crippen LogP contribution in [0.3, 0.4) is 0 Å². The van der Waals surface area contributed by atoms with Crippen LogP contribution in [-0.2, 0) is 14.3 Å². The zero-order valence-electron chi connectivity index (χ0n) is 16.8. The molecule has 0 fully saturated rings. The molecule has 0 bridgehead atoms. The Morgan fingerprint density at radius 1 is 1.00 bits per heavy atom. The van der Waals surface area contributed by atoms with Gasteiger partial charge in [-0.25, -0.2) is 4.79 Å². The molecule has 0 aromatic heterocycles. The van der Waals surface area contributed by atoms with E-state index in [4.69, 9.17) is 9.47 Å². The maximum atomic E-state index is 12.4. The molecule has 0 radical (unpaired) electrons. The molecule has 0 saturated heterocycles. The maximum absolute atomic E-state index is 12.4. The Hall–Kier alpha value is -2.82. The van der Waals surface area contributed by atoms with Crippen LogP contribution in [0.4, 0.5) is 5.69 Å². The average Bonchev–Trinajstić information content (AvgIpc) is 2.59. The Labute approximate surface area is 160 Å². The van der Waals surface area contributed by atoms with Crippen molar-refractivity contribution >= 4 is 17.6 Å². The molecule has 144 valence electrons. The molecule has 2 rings (SSSR count). The average molecular weight is 369 g/mol. The number of amides is 1. The van der Waals surface area contributed by atoms with Gasteiger partial charge in [0.1, 0.15) is 5.75 Å². The van der Waals surface area contributed by atoms with Gasteiger partial charge in [0.25, 0.3) is 5.91 Å². The molecule has 5 nitrogen and oxygen atoms in total. The van der Waals surface area contributed by atoms with Crippen LogP contribution in [0.1, 0.15) is 34.7 Å². The fraction of sp³-hybridized carbons (Fsp3) is 0.364. The zero-order chi connectivity index (χ0) is 20.1. The van der Waals surface area contributed by atoms with E-state index in [2.05, 4.69) is 5.32 Å². The lowest BCUT2D eigenvalue weighted by atomic mass is 10.0. The van der Waals surface area contributed by atoms with Gasteiger partial charge in [0.05, 0.1) is 0 Å². The number of ether oxygens (including phenoxy) is 2. The predicted octanol–water partition coefficient (Wildman–Crippen LogP) is 4.18. The minimum absolute atomic E-state index is 0.246. The van der Waals surface area contributed by atoms with Gasteiger partial charge >= 0.3 is 5.97 Å². The first-order valence-corrected chi connectivity index (χ1v) is 8.96. The molecule has 0 aliphatic carbocycles. The predicted molar refractivity (Wildman–Crippen MR) is 106 cm³/mol. The third kappa shape index (κ3) is 5.33. The molecule has 0 saturated carbocycles. The summed E-state index contributed by atoms with van der Waals surface area (Å²) in [5.74, 6) is -0.323. The summed E-state index contributed by atoms with van der Waals surface area (Å²) in [7, 11) is 0. The van der Waals surface area contributed by atoms with E-state index in [1.165, 1.54) is 0 Å². The molecule has 1 amide bonds. The zero-order valence-corrected chi connectivity index (χ0v) is 16.8. The number of rotatable bonds is 6. The first kappa shape index (κ1) is 20.5. The number of nitrogens with one attached hydrogen (secondary N) is 1. The highest BCUT2D eigenvalue weighted by molar-refractivity contribution is 5.96. The SMILES string of the molecule is Cc1cc(C)c(NC(=O)[C@H](C)OC(=O)COc2cccc(C)c2C)c(C)c1. The molecular weight excluding hydrogens is 342 g/mol. The van der Waals surface area contributed by atoms with Crippen molar-refractivity contribution in [2.45, 2.75) is 47.6 Å². The van der Waals surface area contributed by atoms with Gasteiger partial charge in [0.2, 0.25) is 0 Å². The molecule has 1 atom stereocenters. The van der Waals surface area contributed by atoms with Crippen molar-refractivity contribution in [3.8, 4) is 5.75 Å². The van der Waals surface area contributed by atoms with E-state index < -0.39 is 12.1 Å². The lowest BCUT2D eigenvalue weighted by molar-refractivity contribution is -0.155. The molecular formula is C22H27NO4. The number of hydrogen-bond donors (Lipinski definition) is 1. The minimum Gasteiger partial charge on any atom is -0.482 e. The Morgan fingerprint density at radius 2 is 1.63 bits per heavy atom. The van der Waals surface area contributed by atoms with Crippen molar-refractivity contribution in [3.05, 3.63) is 58.1 Å². The molecule has 1 N–H and O–H groups in total. The van der Waals surface area contributed by atoms with E-state index in [9.17, 15) is 9.59 Å². The van der Waals surface area contributed by atoms with Crippen LogP contribution in [0.5, 0.6) is 5.75 Å². The molecule has 27 heavy (non-hydrogen) atoms. The molecule has 0 heterocycles. The van der Waals surface area contributed by atoms with Gasteiger partial charge < -0.3 is 14.8 Å². The second kappa shape index (κ2) is 8.71. The van der Waals surface area contributed by atoms with E-state index in [0.29, 0.717) is 5.75 Å². The second-order valence-electron chi connectivity index (χ2n) is 6.88. The molecule has 2 aromatic carbocycles. The van der Waals surface area contributed by atoms with E-state index in [-0.39, 0.29) is 12.5 Å². The number of carbonyl (C=O) groups excluding carboxylic acids is 2. The Kier molecular flexibility index (Phi) is 6.61. The normalized spacial score (nSPS) is 11.6. The highest BCUT2D eigenvalue weighted by Gasteiger charge is 2.20. The van der Waals surface area contributed by atoms with Crippen LogP contribution in [0.2, 0.25) is 0 Å². The summed E-state index contributed by atoms with van der Waals surface area (Å²) < 4.78 is 10.7. The van der Waals surface area contributed by atoms with Crippen LogP contribution in [0.15, 0.2) is 30.3 Å². The monoisotopic (exact) mass is 369 g/mol. The fourth-order valence-corrected chi connectivity index (χ4v) is 2.90. The van der Waals surface area contributed by atoms with Crippen LogP contribution < -0.4 is 10.1 Å². The van der Waals surface area contributed by atoms with Gasteiger partial charge in [0.15, 0.2) is 12.7 Å². The third-order valence-electron chi connectivity index (χ3n) is 4.50. The quantitative estimate of drug-likeness (QED) is 0.776. The molecule has 0 aliphatic rings. The second-order valence-corrected chi connectivity index (χ2v) is 6.88. The first-order chi connectivity index (χ1) is 12.7. The number of esters is 1. The van der Waals surface area contributed by atoms with Crippen LogP contribution in [-0.4, -0.2) is 24.6 Å². The Balaban J connectivity index is 1.92. The summed E-state index contributed by atoms with van der Waals surface area (Å²) in [6, 6.07) is 9.64. The van der Waals surface area contributed by atoms with Gasteiger partial charge in [-0.05, 0) is 69.9 Å². The summed E-state index contributed by atoms with van der Waals surface area (Å²) in [6.45, 7) is 11.1. The van der Waals surface area contributed by atoms with Gasteiger partial charge in [-0.3, -0.25) is 4.79 Å². The van der Waals surface area contributed by atoms with E-state index >= 15 is 0 Å². The number of carbonyl (C=O) groups is 2. The van der Waals surface area contributed by atoms with Crippen LogP contribution in [0.25, 0.3) is 0 Å². The van der Waals surface area contributed by atoms with Gasteiger partial charge in [-0.1, -0.05) is 29.8 Å². The first-order valence-electron chi connectivity index (χ1n) is 8.96. The van der Waals surface area contributed by atoms with E-state index in [1.807, 2.05) is 58.9 Å². The smallest absolute Gasteiger partial charge is 0.344 e. The van der Waals surface area contributed by atoms with Crippen molar-refractivity contribution in [3.63, 3.8) is 0 Å². The Morgan fingerprint density at radius 3 is 2.26 bits per heavy atom. The molecule has 5 heteroatoms. The summed E-state index contributed by atoms with van der Waals surface area (Å²) in [5.41, 5.74) is 5.88. The lowest BCUT2D eigenvalue weighted by Gasteiger charge is -2.17. The molecule has 0 spiro atoms. The van der Waals surface area contributed by atoms with Crippen molar-refractivity contribution in [1.29, 1.82) is 0 Å². The van der Waals surface area contributed by atoms with Crippen molar-refractivity contribution in [2.75, 3.05) is 11.9 Å². The Bertz CT molecular complexity index is 834. The van der Waals surface area contributed by atoms with Gasteiger partial charge in [-0.2, -0.15) is 0 Å². The lowest BCUT2D eigenvalue weighted by Crippen LogP contribution is -2.32. The van der Waals surface area contributed by atoms with E-state index in [0.717, 1.165) is 33.5 Å². The summed E-state index contributed by atoms with van der Waals surface area (Å²) in [5, 5.41) is 2.84. The summed E-state index contributed by atoms with van der Waals surface area (Å²) in [4.78, 5) is 24.4. The van der Waals surface area contributed by atoms with Gasteiger partial charge in [0, 0.05) is 5.69 Å². The topological polar surface area (TPSA) is 64.6 Å². The third-order valence-corrected chi connectivity index (χ3v) is 4.50. The summed E-state index contributed by atoms with van der Waals surface area (Å²) >= 11 is 0. The highest BCUT2D eigenvalue weighted by atomic mass is 16.6. The number of aryl methyl sites for hydroxylation is 4. The van der Waals surface area contributed by atoms with Crippen LogP contribution in [0, 0.1) is 34.6 Å². The number of anilines is 1. The van der Waals surface area contributed by atoms with Crippen molar-refractivity contribution in [2.24, 2.45) is 0 Å². The highest BCUT2D eigenvalue weighted by Crippen LogP contribution is 2.22. The molecule has 2 aromatic rings. The van der Waals surface area contributed by atoms with E-state index in [1.54, 1.807) is 13.0 Å². The number of benzene rings is 2. The molecule has 0 unspecified atom stereocenters. The fourth-order valence-electron chi connectivity index (χ4n) is 2.90. The summed E-state index contributed by atoms with van der Waals surface area (Å²) in [6.07, 6.45) is -0.917. The van der Waals surface area contributed by atoms with Crippen LogP contribution >= 0.6 is 0 Å². The van der Waals surface area contributed by atoms with Crippen molar-refractivity contribution < 1.29 is 19.1 Å². The standard InChI is InChI=1S/C22H27NO4/c1-13-10-15(3)21(16(4)11-13)23-22(25)18(6)27-20(24)12-26-19-9-7-8-14(2)17(19)5/h7-11,18H,12H2,1-6H3,(H,23,25)/t18-/m0/s1. The molecule has 0 aliphatic heterocycles. The number of hydrogen-bond acceptors (Lipinski definition) is 4.